The van der Waals surface area contributed by atoms with Crippen LogP contribution in [0.2, 0.25) is 0 Å². The number of benzene rings is 7. The van der Waals surface area contributed by atoms with Gasteiger partial charge in [0.2, 0.25) is 0 Å². The largest absolute Gasteiger partial charge is 0.311 e. The van der Waals surface area contributed by atoms with Gasteiger partial charge in [-0.15, -0.1) is 0 Å². The van der Waals surface area contributed by atoms with Crippen molar-refractivity contribution in [2.45, 2.75) is 12.8 Å². The molecule has 7 aromatic carbocycles. The van der Waals surface area contributed by atoms with E-state index in [1.807, 2.05) is 0 Å². The van der Waals surface area contributed by atoms with Crippen LogP contribution < -0.4 is 4.90 Å². The van der Waals surface area contributed by atoms with Gasteiger partial charge in [0.15, 0.2) is 0 Å². The molecule has 0 fully saturated rings. The Morgan fingerprint density at radius 1 is 0.378 bits per heavy atom. The van der Waals surface area contributed by atoms with Gasteiger partial charge >= 0.3 is 0 Å². The monoisotopic (exact) mass is 473 g/mol. The molecule has 0 amide bonds. The second kappa shape index (κ2) is 9.11. The highest BCUT2D eigenvalue weighted by atomic mass is 15.1. The number of para-hydroxylation sites is 2. The molecular formula is C36H27N. The fourth-order valence-corrected chi connectivity index (χ4v) is 5.71. The summed E-state index contributed by atoms with van der Waals surface area (Å²) in [6, 6.07) is 50.5. The zero-order valence-electron chi connectivity index (χ0n) is 20.6. The van der Waals surface area contributed by atoms with Crippen molar-refractivity contribution in [3.8, 4) is 0 Å². The molecule has 0 heterocycles. The summed E-state index contributed by atoms with van der Waals surface area (Å²) in [7, 11) is 0. The fraction of sp³-hybridized carbons (Fsp3) is 0.0556. The summed E-state index contributed by atoms with van der Waals surface area (Å²) in [4.78, 5) is 2.31. The predicted molar refractivity (Wildman–Crippen MR) is 159 cm³/mol. The van der Waals surface area contributed by atoms with Gasteiger partial charge in [-0.1, -0.05) is 103 Å². The third-order valence-electron chi connectivity index (χ3n) is 7.53. The lowest BCUT2D eigenvalue weighted by Gasteiger charge is -2.25. The molecule has 0 saturated heterocycles. The van der Waals surface area contributed by atoms with Crippen LogP contribution in [0.5, 0.6) is 0 Å². The smallest absolute Gasteiger partial charge is 0.0461 e. The molecule has 7 rings (SSSR count). The number of hydrogen-bond acceptors (Lipinski definition) is 1. The van der Waals surface area contributed by atoms with Crippen LogP contribution in [0, 0.1) is 0 Å². The maximum atomic E-state index is 2.32. The van der Waals surface area contributed by atoms with Crippen LogP contribution in [0.25, 0.3) is 32.3 Å². The maximum Gasteiger partial charge on any atom is 0.0461 e. The lowest BCUT2D eigenvalue weighted by atomic mass is 9.90. The fourth-order valence-electron chi connectivity index (χ4n) is 5.71. The van der Waals surface area contributed by atoms with E-state index in [0.717, 1.165) is 24.2 Å². The normalized spacial score (nSPS) is 11.5. The lowest BCUT2D eigenvalue weighted by molar-refractivity contribution is 0.969. The number of anilines is 3. The predicted octanol–water partition coefficient (Wildman–Crippen LogP) is 9.84. The second-order valence-corrected chi connectivity index (χ2v) is 9.75. The average Bonchev–Trinajstić information content (AvgIpc) is 2.97. The van der Waals surface area contributed by atoms with Crippen LogP contribution in [0.15, 0.2) is 140 Å². The van der Waals surface area contributed by atoms with Gasteiger partial charge in [-0.25, -0.2) is 0 Å². The van der Waals surface area contributed by atoms with E-state index in [2.05, 4.69) is 144 Å². The van der Waals surface area contributed by atoms with Crippen molar-refractivity contribution in [3.05, 3.63) is 151 Å². The van der Waals surface area contributed by atoms with Crippen molar-refractivity contribution >= 4 is 49.4 Å². The molecule has 37 heavy (non-hydrogen) atoms. The molecule has 0 atom stereocenters. The number of hydrogen-bond donors (Lipinski definition) is 0. The summed E-state index contributed by atoms with van der Waals surface area (Å²) in [6.07, 6.45) is 2.04. The molecule has 0 unspecified atom stereocenters. The van der Waals surface area contributed by atoms with Crippen molar-refractivity contribution in [1.82, 2.24) is 0 Å². The summed E-state index contributed by atoms with van der Waals surface area (Å²) in [5, 5.41) is 8.16. The van der Waals surface area contributed by atoms with E-state index in [0.29, 0.717) is 0 Å². The zero-order chi connectivity index (χ0) is 24.6. The first-order valence-corrected chi connectivity index (χ1v) is 13.0. The van der Waals surface area contributed by atoms with Crippen LogP contribution in [-0.4, -0.2) is 0 Å². The molecule has 0 aliphatic rings. The van der Waals surface area contributed by atoms with Gasteiger partial charge in [-0.3, -0.25) is 0 Å². The SMILES string of the molecule is c1ccc(N(c2ccccc2)c2ccc(CCc3ccc4ccc5cccc6ccc3c4c56)cc2)cc1. The van der Waals surface area contributed by atoms with Gasteiger partial charge in [-0.2, -0.15) is 0 Å². The summed E-state index contributed by atoms with van der Waals surface area (Å²) < 4.78 is 0. The zero-order valence-corrected chi connectivity index (χ0v) is 20.6. The Labute approximate surface area is 217 Å². The van der Waals surface area contributed by atoms with E-state index < -0.39 is 0 Å². The first-order chi connectivity index (χ1) is 18.3. The maximum absolute atomic E-state index is 2.32. The molecule has 0 aliphatic heterocycles. The van der Waals surface area contributed by atoms with E-state index in [1.165, 1.54) is 49.1 Å². The third-order valence-corrected chi connectivity index (χ3v) is 7.53. The topological polar surface area (TPSA) is 3.24 Å². The molecule has 176 valence electrons. The molecule has 0 bridgehead atoms. The summed E-state index contributed by atoms with van der Waals surface area (Å²) in [6.45, 7) is 0. The van der Waals surface area contributed by atoms with Crippen LogP contribution in [0.3, 0.4) is 0 Å². The first-order valence-electron chi connectivity index (χ1n) is 13.0. The van der Waals surface area contributed by atoms with Crippen molar-refractivity contribution in [1.29, 1.82) is 0 Å². The van der Waals surface area contributed by atoms with Gasteiger partial charge in [0.25, 0.3) is 0 Å². The summed E-state index contributed by atoms with van der Waals surface area (Å²) >= 11 is 0. The summed E-state index contributed by atoms with van der Waals surface area (Å²) in [5.74, 6) is 0. The van der Waals surface area contributed by atoms with E-state index in [1.54, 1.807) is 0 Å². The van der Waals surface area contributed by atoms with Crippen molar-refractivity contribution in [3.63, 3.8) is 0 Å². The minimum absolute atomic E-state index is 1.01. The number of nitrogens with zero attached hydrogens (tertiary/aromatic N) is 1. The molecule has 1 nitrogen and oxygen atoms in total. The third kappa shape index (κ3) is 3.90. The Kier molecular flexibility index (Phi) is 5.33. The standard InChI is InChI=1S/C36H27N/c1-3-10-31(11-4-1)37(32-12-5-2-6-13-32)33-23-15-26(16-24-33)14-17-27-18-19-30-21-20-28-8-7-9-29-22-25-34(27)36(30)35(28)29/h1-13,15-16,18-25H,14,17H2. The van der Waals surface area contributed by atoms with Crippen molar-refractivity contribution in [2.24, 2.45) is 0 Å². The van der Waals surface area contributed by atoms with Crippen molar-refractivity contribution < 1.29 is 0 Å². The van der Waals surface area contributed by atoms with Gasteiger partial charge in [0, 0.05) is 17.1 Å². The summed E-state index contributed by atoms with van der Waals surface area (Å²) in [5.41, 5.74) is 6.27. The van der Waals surface area contributed by atoms with Gasteiger partial charge < -0.3 is 4.90 Å². The Morgan fingerprint density at radius 3 is 1.57 bits per heavy atom. The van der Waals surface area contributed by atoms with Gasteiger partial charge in [-0.05, 0) is 92.7 Å². The Hall–Kier alpha value is -4.62. The van der Waals surface area contributed by atoms with E-state index in [9.17, 15) is 0 Å². The number of aryl methyl sites for hydroxylation is 2. The molecule has 0 aromatic heterocycles. The Morgan fingerprint density at radius 2 is 0.919 bits per heavy atom. The van der Waals surface area contributed by atoms with E-state index in [-0.39, 0.29) is 0 Å². The first kappa shape index (κ1) is 21.6. The lowest BCUT2D eigenvalue weighted by Crippen LogP contribution is -2.09. The molecule has 0 N–H and O–H groups in total. The van der Waals surface area contributed by atoms with Crippen molar-refractivity contribution in [2.75, 3.05) is 4.90 Å². The minimum atomic E-state index is 1.01. The Bertz CT molecular complexity index is 1750. The van der Waals surface area contributed by atoms with Crippen LogP contribution in [0.4, 0.5) is 17.1 Å². The van der Waals surface area contributed by atoms with Gasteiger partial charge in [0.05, 0.1) is 0 Å². The second-order valence-electron chi connectivity index (χ2n) is 9.75. The Balaban J connectivity index is 1.19. The highest BCUT2D eigenvalue weighted by Crippen LogP contribution is 2.37. The molecule has 0 radical (unpaired) electrons. The highest BCUT2D eigenvalue weighted by Gasteiger charge is 2.13. The molecule has 0 spiro atoms. The minimum Gasteiger partial charge on any atom is -0.311 e. The van der Waals surface area contributed by atoms with Crippen LogP contribution in [0.1, 0.15) is 11.1 Å². The quantitative estimate of drug-likeness (QED) is 0.217. The van der Waals surface area contributed by atoms with E-state index >= 15 is 0 Å². The molecule has 1 heteroatoms. The van der Waals surface area contributed by atoms with Crippen LogP contribution >= 0.6 is 0 Å². The van der Waals surface area contributed by atoms with Gasteiger partial charge in [0.1, 0.15) is 0 Å². The molecule has 0 aliphatic carbocycles. The molecular weight excluding hydrogens is 446 g/mol. The molecule has 0 saturated carbocycles. The van der Waals surface area contributed by atoms with E-state index in [4.69, 9.17) is 0 Å². The number of rotatable bonds is 6. The highest BCUT2D eigenvalue weighted by molar-refractivity contribution is 6.23. The average molecular weight is 474 g/mol. The molecule has 7 aromatic rings. The van der Waals surface area contributed by atoms with Crippen LogP contribution in [-0.2, 0) is 12.8 Å².